The quantitative estimate of drug-likeness (QED) is 0.513. The second kappa shape index (κ2) is 2.70. The zero-order chi connectivity index (χ0) is 10.3. The molecule has 1 heterocycles. The zero-order valence-electron chi connectivity index (χ0n) is 7.80. The molecule has 0 spiro atoms. The van der Waals surface area contributed by atoms with Crippen LogP contribution in [0.4, 0.5) is 10.1 Å². The van der Waals surface area contributed by atoms with Gasteiger partial charge in [-0.25, -0.2) is 4.39 Å². The Morgan fingerprint density at radius 3 is 2.71 bits per heavy atom. The summed E-state index contributed by atoms with van der Waals surface area (Å²) in [7, 11) is 0. The molecule has 1 atom stereocenters. The van der Waals surface area contributed by atoms with Crippen molar-refractivity contribution < 1.29 is 9.18 Å². The lowest BCUT2D eigenvalue weighted by Crippen LogP contribution is -2.60. The van der Waals surface area contributed by atoms with Crippen molar-refractivity contribution in [3.05, 3.63) is 29.6 Å². The number of halogens is 1. The standard InChI is InChI=1S/C10H11FN2O/c1-10(5-13-9(10)14)7-3-2-6(12)4-8(7)11/h2-4H,5,12H2,1H3,(H,13,14). The molecular formula is C10H11FN2O. The molecule has 0 radical (unpaired) electrons. The largest absolute Gasteiger partial charge is 0.399 e. The lowest BCUT2D eigenvalue weighted by Gasteiger charge is -2.38. The number of nitrogen functional groups attached to an aromatic ring is 1. The van der Waals surface area contributed by atoms with E-state index in [0.29, 0.717) is 17.8 Å². The number of carbonyl (C=O) groups is 1. The van der Waals surface area contributed by atoms with E-state index in [1.807, 2.05) is 0 Å². The summed E-state index contributed by atoms with van der Waals surface area (Å²) in [6.45, 7) is 2.20. The zero-order valence-corrected chi connectivity index (χ0v) is 7.80. The van der Waals surface area contributed by atoms with Crippen LogP contribution in [0.5, 0.6) is 0 Å². The number of β-lactam (4-membered cyclic amide) rings is 1. The van der Waals surface area contributed by atoms with Gasteiger partial charge in [0, 0.05) is 17.8 Å². The minimum Gasteiger partial charge on any atom is -0.399 e. The van der Waals surface area contributed by atoms with E-state index in [-0.39, 0.29) is 5.91 Å². The third-order valence-corrected chi connectivity index (χ3v) is 2.69. The smallest absolute Gasteiger partial charge is 0.232 e. The van der Waals surface area contributed by atoms with Crippen molar-refractivity contribution in [3.8, 4) is 0 Å². The maximum absolute atomic E-state index is 13.5. The highest BCUT2D eigenvalue weighted by atomic mass is 19.1. The van der Waals surface area contributed by atoms with Gasteiger partial charge in [-0.15, -0.1) is 0 Å². The first-order valence-electron chi connectivity index (χ1n) is 4.38. The first-order chi connectivity index (χ1) is 6.54. The molecule has 4 heteroatoms. The maximum atomic E-state index is 13.5. The first kappa shape index (κ1) is 8.99. The summed E-state index contributed by atoms with van der Waals surface area (Å²) in [5.41, 5.74) is 5.48. The summed E-state index contributed by atoms with van der Waals surface area (Å²) < 4.78 is 13.5. The van der Waals surface area contributed by atoms with Crippen molar-refractivity contribution in [3.63, 3.8) is 0 Å². The third kappa shape index (κ3) is 1.07. The summed E-state index contributed by atoms with van der Waals surface area (Å²) in [5, 5.41) is 2.60. The Hall–Kier alpha value is -1.58. The first-order valence-corrected chi connectivity index (χ1v) is 4.38. The normalized spacial score (nSPS) is 25.4. The summed E-state index contributed by atoms with van der Waals surface area (Å²) in [6.07, 6.45) is 0. The summed E-state index contributed by atoms with van der Waals surface area (Å²) >= 11 is 0. The van der Waals surface area contributed by atoms with Crippen LogP contribution in [0.15, 0.2) is 18.2 Å². The van der Waals surface area contributed by atoms with E-state index in [4.69, 9.17) is 5.73 Å². The molecule has 14 heavy (non-hydrogen) atoms. The molecule has 0 aromatic heterocycles. The monoisotopic (exact) mass is 194 g/mol. The van der Waals surface area contributed by atoms with Crippen LogP contribution in [-0.2, 0) is 10.2 Å². The molecule has 1 aliphatic rings. The van der Waals surface area contributed by atoms with Crippen molar-refractivity contribution >= 4 is 11.6 Å². The molecule has 1 aliphatic heterocycles. The van der Waals surface area contributed by atoms with E-state index in [9.17, 15) is 9.18 Å². The van der Waals surface area contributed by atoms with Gasteiger partial charge in [0.1, 0.15) is 5.82 Å². The Labute approximate surface area is 81.1 Å². The van der Waals surface area contributed by atoms with E-state index in [0.717, 1.165) is 0 Å². The molecule has 3 nitrogen and oxygen atoms in total. The Kier molecular flexibility index (Phi) is 1.74. The molecule has 1 aromatic carbocycles. The van der Waals surface area contributed by atoms with Crippen LogP contribution in [0.1, 0.15) is 12.5 Å². The molecule has 1 fully saturated rings. The number of anilines is 1. The summed E-state index contributed by atoms with van der Waals surface area (Å²) in [6, 6.07) is 4.42. The number of carbonyl (C=O) groups excluding carboxylic acids is 1. The topological polar surface area (TPSA) is 55.1 Å². The van der Waals surface area contributed by atoms with E-state index in [2.05, 4.69) is 5.32 Å². The summed E-state index contributed by atoms with van der Waals surface area (Å²) in [5.74, 6) is -0.552. The van der Waals surface area contributed by atoms with Gasteiger partial charge in [-0.05, 0) is 19.1 Å². The van der Waals surface area contributed by atoms with Gasteiger partial charge in [0.2, 0.25) is 5.91 Å². The molecule has 2 rings (SSSR count). The molecule has 1 saturated heterocycles. The van der Waals surface area contributed by atoms with Crippen LogP contribution in [0.25, 0.3) is 0 Å². The minimum absolute atomic E-state index is 0.138. The van der Waals surface area contributed by atoms with Gasteiger partial charge in [-0.3, -0.25) is 4.79 Å². The van der Waals surface area contributed by atoms with Gasteiger partial charge in [0.05, 0.1) is 5.41 Å². The molecular weight excluding hydrogens is 183 g/mol. The SMILES string of the molecule is CC1(c2ccc(N)cc2F)CNC1=O. The molecule has 0 bridgehead atoms. The molecule has 0 aliphatic carbocycles. The van der Waals surface area contributed by atoms with Gasteiger partial charge in [-0.2, -0.15) is 0 Å². The molecule has 0 saturated carbocycles. The molecule has 1 unspecified atom stereocenters. The van der Waals surface area contributed by atoms with Crippen LogP contribution in [-0.4, -0.2) is 12.5 Å². The maximum Gasteiger partial charge on any atom is 0.232 e. The second-order valence-electron chi connectivity index (χ2n) is 3.75. The summed E-state index contributed by atoms with van der Waals surface area (Å²) in [4.78, 5) is 11.3. The lowest BCUT2D eigenvalue weighted by atomic mass is 9.76. The highest BCUT2D eigenvalue weighted by molar-refractivity contribution is 5.93. The number of nitrogens with two attached hydrogens (primary N) is 1. The van der Waals surface area contributed by atoms with E-state index in [1.165, 1.54) is 6.07 Å². The highest BCUT2D eigenvalue weighted by Gasteiger charge is 2.44. The average Bonchev–Trinajstić information content (AvgIpc) is 2.14. The Bertz CT molecular complexity index is 405. The Balaban J connectivity index is 2.46. The minimum atomic E-state index is -0.724. The van der Waals surface area contributed by atoms with Crippen LogP contribution < -0.4 is 11.1 Å². The van der Waals surface area contributed by atoms with Gasteiger partial charge in [0.25, 0.3) is 0 Å². The van der Waals surface area contributed by atoms with Crippen LogP contribution in [0.3, 0.4) is 0 Å². The number of hydrogen-bond acceptors (Lipinski definition) is 2. The second-order valence-corrected chi connectivity index (χ2v) is 3.75. The van der Waals surface area contributed by atoms with Crippen molar-refractivity contribution in [1.29, 1.82) is 0 Å². The average molecular weight is 194 g/mol. The Morgan fingerprint density at radius 2 is 2.29 bits per heavy atom. The predicted octanol–water partition coefficient (Wildman–Crippen LogP) is 0.795. The molecule has 3 N–H and O–H groups in total. The van der Waals surface area contributed by atoms with Gasteiger partial charge in [0.15, 0.2) is 0 Å². The van der Waals surface area contributed by atoms with Gasteiger partial charge in [-0.1, -0.05) is 6.07 Å². The van der Waals surface area contributed by atoms with E-state index >= 15 is 0 Å². The number of hydrogen-bond donors (Lipinski definition) is 2. The molecule has 1 amide bonds. The number of nitrogens with one attached hydrogen (secondary N) is 1. The number of benzene rings is 1. The highest BCUT2D eigenvalue weighted by Crippen LogP contribution is 2.31. The van der Waals surface area contributed by atoms with Crippen molar-refractivity contribution in [2.75, 3.05) is 12.3 Å². The van der Waals surface area contributed by atoms with E-state index in [1.54, 1.807) is 19.1 Å². The van der Waals surface area contributed by atoms with Gasteiger partial charge < -0.3 is 11.1 Å². The predicted molar refractivity (Wildman–Crippen MR) is 51.2 cm³/mol. The fourth-order valence-corrected chi connectivity index (χ4v) is 1.62. The fraction of sp³-hybridized carbons (Fsp3) is 0.300. The fourth-order valence-electron chi connectivity index (χ4n) is 1.62. The van der Waals surface area contributed by atoms with Crippen molar-refractivity contribution in [1.82, 2.24) is 5.32 Å². The lowest BCUT2D eigenvalue weighted by molar-refractivity contribution is -0.133. The van der Waals surface area contributed by atoms with Crippen LogP contribution in [0.2, 0.25) is 0 Å². The molecule has 74 valence electrons. The van der Waals surface area contributed by atoms with Gasteiger partial charge >= 0.3 is 0 Å². The number of rotatable bonds is 1. The van der Waals surface area contributed by atoms with Crippen molar-refractivity contribution in [2.45, 2.75) is 12.3 Å². The van der Waals surface area contributed by atoms with E-state index < -0.39 is 11.2 Å². The number of amides is 1. The van der Waals surface area contributed by atoms with Crippen LogP contribution >= 0.6 is 0 Å². The van der Waals surface area contributed by atoms with Crippen LogP contribution in [0, 0.1) is 5.82 Å². The Morgan fingerprint density at radius 1 is 1.57 bits per heavy atom. The van der Waals surface area contributed by atoms with Crippen molar-refractivity contribution in [2.24, 2.45) is 0 Å². The molecule has 1 aromatic rings. The third-order valence-electron chi connectivity index (χ3n) is 2.69.